The first-order valence-electron chi connectivity index (χ1n) is 13.5. The van der Waals surface area contributed by atoms with Gasteiger partial charge in [-0.3, -0.25) is 9.36 Å². The molecule has 0 unspecified atom stereocenters. The van der Waals surface area contributed by atoms with Crippen LogP contribution < -0.4 is 10.1 Å². The molecule has 0 radical (unpaired) electrons. The lowest BCUT2D eigenvalue weighted by Crippen LogP contribution is -2.47. The highest BCUT2D eigenvalue weighted by Crippen LogP contribution is 2.52. The Balaban J connectivity index is 1.84. The molecular weight excluding hydrogens is 473 g/mol. The lowest BCUT2D eigenvalue weighted by molar-refractivity contribution is -0.125. The van der Waals surface area contributed by atoms with Crippen LogP contribution in [0.25, 0.3) is 0 Å². The molecule has 2 aromatic carbocycles. The fraction of sp³-hybridized carbons (Fsp3) is 0.552. The van der Waals surface area contributed by atoms with E-state index < -0.39 is 13.0 Å². The zero-order valence-electron chi connectivity index (χ0n) is 22.1. The molecule has 7 heteroatoms. The lowest BCUT2D eigenvalue weighted by Gasteiger charge is -2.39. The van der Waals surface area contributed by atoms with Gasteiger partial charge in [-0.15, -0.1) is 0 Å². The van der Waals surface area contributed by atoms with Crippen LogP contribution in [0.15, 0.2) is 48.5 Å². The maximum absolute atomic E-state index is 13.9. The van der Waals surface area contributed by atoms with E-state index in [-0.39, 0.29) is 5.91 Å². The van der Waals surface area contributed by atoms with Gasteiger partial charge in [0.25, 0.3) is 0 Å². The number of benzene rings is 2. The molecule has 6 nitrogen and oxygen atoms in total. The van der Waals surface area contributed by atoms with Crippen LogP contribution in [0.3, 0.4) is 0 Å². The Kier molecular flexibility index (Phi) is 11.0. The van der Waals surface area contributed by atoms with E-state index in [4.69, 9.17) is 13.8 Å². The maximum Gasteiger partial charge on any atom is 0.330 e. The third-order valence-electron chi connectivity index (χ3n) is 6.64. The van der Waals surface area contributed by atoms with Crippen molar-refractivity contribution in [3.05, 3.63) is 59.7 Å². The summed E-state index contributed by atoms with van der Waals surface area (Å²) >= 11 is 0. The van der Waals surface area contributed by atoms with Gasteiger partial charge in [0.2, 0.25) is 5.91 Å². The van der Waals surface area contributed by atoms with Crippen LogP contribution in [0, 0.1) is 0 Å². The van der Waals surface area contributed by atoms with Crippen LogP contribution in [0.1, 0.15) is 83.3 Å². The Morgan fingerprint density at radius 2 is 1.39 bits per heavy atom. The second-order valence-corrected chi connectivity index (χ2v) is 11.6. The molecule has 1 N–H and O–H groups in total. The Hall–Kier alpha value is -2.14. The highest BCUT2D eigenvalue weighted by molar-refractivity contribution is 7.53. The highest BCUT2D eigenvalue weighted by atomic mass is 31.2. The van der Waals surface area contributed by atoms with Gasteiger partial charge >= 0.3 is 7.60 Å². The Bertz CT molecular complexity index is 965. The van der Waals surface area contributed by atoms with Crippen molar-refractivity contribution < 1.29 is 23.1 Å². The normalized spacial score (nSPS) is 14.0. The number of amides is 1. The standard InChI is InChI=1S/C29H42NO5P/c1-4-7-21-33-36(32,34-22-8-5-2)23-14-13-19-29(28(31)30-20-6-3)24-15-9-11-17-26(24)35-27-18-12-10-16-25(27)29/h9-12,15-18H,4-8,13-14,19-23H2,1-3H3,(H,30,31). The van der Waals surface area contributed by atoms with Crippen molar-refractivity contribution in [3.8, 4) is 11.5 Å². The summed E-state index contributed by atoms with van der Waals surface area (Å²) in [6.45, 7) is 7.71. The molecule has 0 aliphatic carbocycles. The molecule has 1 aliphatic rings. The second kappa shape index (κ2) is 14.0. The molecule has 0 spiro atoms. The van der Waals surface area contributed by atoms with Crippen molar-refractivity contribution >= 4 is 13.5 Å². The SMILES string of the molecule is CCCCOP(=O)(CCCCC1(C(=O)NCCC)c2ccccc2Oc2ccccc21)OCCCC. The van der Waals surface area contributed by atoms with Crippen molar-refractivity contribution in [2.24, 2.45) is 0 Å². The average Bonchev–Trinajstić information content (AvgIpc) is 2.89. The summed E-state index contributed by atoms with van der Waals surface area (Å²) in [4.78, 5) is 13.9. The van der Waals surface area contributed by atoms with Crippen molar-refractivity contribution in [2.45, 2.75) is 77.6 Å². The number of unbranched alkanes of at least 4 members (excludes halogenated alkanes) is 3. The minimum absolute atomic E-state index is 0.0193. The Labute approximate surface area is 216 Å². The Morgan fingerprint density at radius 1 is 0.833 bits per heavy atom. The molecule has 198 valence electrons. The van der Waals surface area contributed by atoms with Crippen LogP contribution in [0.2, 0.25) is 0 Å². The van der Waals surface area contributed by atoms with E-state index in [9.17, 15) is 9.36 Å². The largest absolute Gasteiger partial charge is 0.457 e. The molecule has 1 amide bonds. The van der Waals surface area contributed by atoms with Crippen molar-refractivity contribution in [1.29, 1.82) is 0 Å². The molecule has 0 aromatic heterocycles. The zero-order valence-corrected chi connectivity index (χ0v) is 23.0. The summed E-state index contributed by atoms with van der Waals surface area (Å²) in [5.74, 6) is 1.40. The number of rotatable bonds is 16. The maximum atomic E-state index is 13.9. The van der Waals surface area contributed by atoms with Crippen molar-refractivity contribution in [3.63, 3.8) is 0 Å². The summed E-state index contributed by atoms with van der Waals surface area (Å²) in [6.07, 6.45) is 6.79. The van der Waals surface area contributed by atoms with Gasteiger partial charge < -0.3 is 19.1 Å². The topological polar surface area (TPSA) is 73.9 Å². The number of para-hydroxylation sites is 2. The van der Waals surface area contributed by atoms with Crippen LogP contribution in [0.4, 0.5) is 0 Å². The van der Waals surface area contributed by atoms with Crippen LogP contribution >= 0.6 is 7.60 Å². The molecule has 0 fully saturated rings. The van der Waals surface area contributed by atoms with Gasteiger partial charge in [0, 0.05) is 17.7 Å². The van der Waals surface area contributed by atoms with Gasteiger partial charge in [-0.05, 0) is 44.2 Å². The summed E-state index contributed by atoms with van der Waals surface area (Å²) in [7, 11) is -3.17. The first-order chi connectivity index (χ1) is 17.5. The number of ether oxygens (including phenoxy) is 1. The quantitative estimate of drug-likeness (QED) is 0.184. The highest BCUT2D eigenvalue weighted by Gasteiger charge is 2.47. The second-order valence-electron chi connectivity index (χ2n) is 9.42. The van der Waals surface area contributed by atoms with E-state index in [2.05, 4.69) is 19.2 Å². The zero-order chi connectivity index (χ0) is 25.9. The molecule has 0 bridgehead atoms. The van der Waals surface area contributed by atoms with E-state index >= 15 is 0 Å². The molecule has 0 saturated heterocycles. The van der Waals surface area contributed by atoms with E-state index in [0.29, 0.717) is 56.7 Å². The smallest absolute Gasteiger partial charge is 0.330 e. The van der Waals surface area contributed by atoms with Gasteiger partial charge in [0.15, 0.2) is 0 Å². The van der Waals surface area contributed by atoms with Crippen LogP contribution in [-0.4, -0.2) is 31.8 Å². The first kappa shape index (κ1) is 28.4. The van der Waals surface area contributed by atoms with E-state index in [1.54, 1.807) is 0 Å². The monoisotopic (exact) mass is 515 g/mol. The molecule has 0 atom stereocenters. The molecule has 3 rings (SSSR count). The lowest BCUT2D eigenvalue weighted by atomic mass is 9.68. The molecule has 1 aliphatic heterocycles. The molecule has 0 saturated carbocycles. The number of carbonyl (C=O) groups is 1. The van der Waals surface area contributed by atoms with Gasteiger partial charge in [-0.25, -0.2) is 0 Å². The van der Waals surface area contributed by atoms with Crippen molar-refractivity contribution in [1.82, 2.24) is 5.32 Å². The predicted octanol–water partition coefficient (Wildman–Crippen LogP) is 7.60. The minimum Gasteiger partial charge on any atom is -0.457 e. The average molecular weight is 516 g/mol. The Morgan fingerprint density at radius 3 is 1.92 bits per heavy atom. The van der Waals surface area contributed by atoms with Crippen LogP contribution in [-0.2, 0) is 23.8 Å². The van der Waals surface area contributed by atoms with Crippen LogP contribution in [0.5, 0.6) is 11.5 Å². The van der Waals surface area contributed by atoms with E-state index in [0.717, 1.165) is 43.2 Å². The first-order valence-corrected chi connectivity index (χ1v) is 15.3. The minimum atomic E-state index is -3.17. The van der Waals surface area contributed by atoms with Gasteiger partial charge in [0.05, 0.1) is 19.4 Å². The van der Waals surface area contributed by atoms with E-state index in [1.807, 2.05) is 55.5 Å². The molecule has 1 heterocycles. The fourth-order valence-electron chi connectivity index (χ4n) is 4.65. The summed E-state index contributed by atoms with van der Waals surface area (Å²) < 4.78 is 31.2. The molecular formula is C29H42NO5P. The fourth-order valence-corrected chi connectivity index (χ4v) is 6.41. The summed E-state index contributed by atoms with van der Waals surface area (Å²) in [5.41, 5.74) is 0.870. The van der Waals surface area contributed by atoms with Gasteiger partial charge in [0.1, 0.15) is 16.9 Å². The van der Waals surface area contributed by atoms with Crippen molar-refractivity contribution in [2.75, 3.05) is 25.9 Å². The number of fused-ring (bicyclic) bond motifs is 2. The number of hydrogen-bond acceptors (Lipinski definition) is 5. The third kappa shape index (κ3) is 6.79. The van der Waals surface area contributed by atoms with E-state index in [1.165, 1.54) is 0 Å². The number of hydrogen-bond donors (Lipinski definition) is 1. The summed E-state index contributed by atoms with van der Waals surface area (Å²) in [5, 5.41) is 3.15. The molecule has 36 heavy (non-hydrogen) atoms. The predicted molar refractivity (Wildman–Crippen MR) is 145 cm³/mol. The number of carbonyl (C=O) groups excluding carboxylic acids is 1. The molecule has 2 aromatic rings. The van der Waals surface area contributed by atoms with Gasteiger partial charge in [-0.2, -0.15) is 0 Å². The summed E-state index contributed by atoms with van der Waals surface area (Å²) in [6, 6.07) is 15.6. The number of nitrogens with one attached hydrogen (secondary N) is 1. The third-order valence-corrected chi connectivity index (χ3v) is 8.66. The van der Waals surface area contributed by atoms with Gasteiger partial charge in [-0.1, -0.05) is 76.4 Å².